The van der Waals surface area contributed by atoms with Gasteiger partial charge in [-0.2, -0.15) is 0 Å². The molecule has 8 nitrogen and oxygen atoms in total. The molecule has 3 rings (SSSR count). The van der Waals surface area contributed by atoms with Crippen LogP contribution in [0.4, 0.5) is 0 Å². The minimum atomic E-state index is -0.499. The molecule has 0 bridgehead atoms. The van der Waals surface area contributed by atoms with Gasteiger partial charge in [-0.15, -0.1) is 0 Å². The predicted octanol–water partition coefficient (Wildman–Crippen LogP) is 1.14. The molecule has 2 aliphatic heterocycles. The molecule has 0 aromatic heterocycles. The summed E-state index contributed by atoms with van der Waals surface area (Å²) in [5.74, 6) is -0.458. The van der Waals surface area contributed by atoms with Gasteiger partial charge in [0.05, 0.1) is 0 Å². The first kappa shape index (κ1) is 22.6. The van der Waals surface area contributed by atoms with E-state index in [4.69, 9.17) is 0 Å². The summed E-state index contributed by atoms with van der Waals surface area (Å²) in [6.45, 7) is 8.13. The van der Waals surface area contributed by atoms with Gasteiger partial charge >= 0.3 is 0 Å². The third-order valence-corrected chi connectivity index (χ3v) is 7.15. The van der Waals surface area contributed by atoms with Crippen LogP contribution in [0.3, 0.4) is 0 Å². The lowest BCUT2D eigenvalue weighted by atomic mass is 9.48. The van der Waals surface area contributed by atoms with Gasteiger partial charge in [-0.25, -0.2) is 0 Å². The van der Waals surface area contributed by atoms with Crippen LogP contribution < -0.4 is 21.3 Å². The van der Waals surface area contributed by atoms with Gasteiger partial charge in [0.25, 0.3) is 0 Å². The monoisotopic (exact) mass is 420 g/mol. The summed E-state index contributed by atoms with van der Waals surface area (Å²) in [6.07, 6.45) is 5.54. The second-order valence-electron chi connectivity index (χ2n) is 10.3. The van der Waals surface area contributed by atoms with E-state index in [0.717, 1.165) is 25.7 Å². The Hall–Kier alpha value is -2.12. The number of rotatable bonds is 4. The molecule has 1 aliphatic carbocycles. The summed E-state index contributed by atoms with van der Waals surface area (Å²) < 4.78 is 0. The van der Waals surface area contributed by atoms with Gasteiger partial charge in [-0.3, -0.25) is 19.2 Å². The normalized spacial score (nSPS) is 33.1. The zero-order chi connectivity index (χ0) is 22.1. The number of hydrogen-bond donors (Lipinski definition) is 4. The molecule has 8 heteroatoms. The van der Waals surface area contributed by atoms with Crippen LogP contribution in [0.5, 0.6) is 0 Å². The SMILES string of the molecule is CC1(C)C(NC(=O)C2CCCCC(=O)N2)C(C)(C)C1NC(=O)C1CCCCC(=O)N1. The highest BCUT2D eigenvalue weighted by atomic mass is 16.2. The fourth-order valence-corrected chi connectivity index (χ4v) is 5.72. The summed E-state index contributed by atoms with van der Waals surface area (Å²) in [5, 5.41) is 11.9. The maximum absolute atomic E-state index is 12.9. The van der Waals surface area contributed by atoms with Gasteiger partial charge in [0.15, 0.2) is 0 Å². The predicted molar refractivity (Wildman–Crippen MR) is 112 cm³/mol. The molecule has 168 valence electrons. The van der Waals surface area contributed by atoms with Crippen molar-refractivity contribution in [1.29, 1.82) is 0 Å². The Labute approximate surface area is 178 Å². The zero-order valence-electron chi connectivity index (χ0n) is 18.6. The molecule has 0 aromatic carbocycles. The largest absolute Gasteiger partial charge is 0.350 e. The highest BCUT2D eigenvalue weighted by molar-refractivity contribution is 5.89. The fourth-order valence-electron chi connectivity index (χ4n) is 5.72. The highest BCUT2D eigenvalue weighted by Crippen LogP contribution is 2.53. The van der Waals surface area contributed by atoms with Crippen LogP contribution in [-0.4, -0.2) is 47.8 Å². The second-order valence-corrected chi connectivity index (χ2v) is 10.3. The Morgan fingerprint density at radius 3 is 1.47 bits per heavy atom. The highest BCUT2D eigenvalue weighted by Gasteiger charge is 2.63. The summed E-state index contributed by atoms with van der Waals surface area (Å²) in [6, 6.07) is -1.29. The van der Waals surface area contributed by atoms with Crippen molar-refractivity contribution in [1.82, 2.24) is 21.3 Å². The van der Waals surface area contributed by atoms with Crippen molar-refractivity contribution in [2.24, 2.45) is 10.8 Å². The van der Waals surface area contributed by atoms with E-state index in [9.17, 15) is 19.2 Å². The van der Waals surface area contributed by atoms with Crippen molar-refractivity contribution >= 4 is 23.6 Å². The van der Waals surface area contributed by atoms with Crippen LogP contribution in [0.25, 0.3) is 0 Å². The van der Waals surface area contributed by atoms with Crippen molar-refractivity contribution in [3.63, 3.8) is 0 Å². The quantitative estimate of drug-likeness (QED) is 0.546. The molecule has 3 fully saturated rings. The zero-order valence-corrected chi connectivity index (χ0v) is 18.6. The first-order valence-corrected chi connectivity index (χ1v) is 11.2. The number of amides is 4. The third kappa shape index (κ3) is 4.47. The van der Waals surface area contributed by atoms with Crippen molar-refractivity contribution in [2.75, 3.05) is 0 Å². The molecule has 2 heterocycles. The number of hydrogen-bond acceptors (Lipinski definition) is 4. The Morgan fingerprint density at radius 1 is 0.733 bits per heavy atom. The summed E-state index contributed by atoms with van der Waals surface area (Å²) in [5.41, 5.74) is -0.726. The first-order valence-electron chi connectivity index (χ1n) is 11.2. The standard InChI is InChI=1S/C22H36N4O4/c1-21(2)19(25-17(29)13-9-5-7-11-15(27)23-13)22(3,4)20(21)26-18(30)14-10-6-8-12-16(28)24-14/h13-14,19-20H,5-12H2,1-4H3,(H,23,27)(H,24,28)(H,25,29)(H,26,30). The Balaban J connectivity index is 1.63. The number of nitrogens with one attached hydrogen (secondary N) is 4. The molecule has 2 atom stereocenters. The van der Waals surface area contributed by atoms with Gasteiger partial charge in [-0.1, -0.05) is 40.5 Å². The molecular weight excluding hydrogens is 384 g/mol. The van der Waals surface area contributed by atoms with E-state index in [1.165, 1.54) is 0 Å². The number of carbonyl (C=O) groups excluding carboxylic acids is 4. The van der Waals surface area contributed by atoms with Crippen molar-refractivity contribution in [3.8, 4) is 0 Å². The van der Waals surface area contributed by atoms with E-state index in [0.29, 0.717) is 25.7 Å². The van der Waals surface area contributed by atoms with Crippen LogP contribution in [0.15, 0.2) is 0 Å². The van der Waals surface area contributed by atoms with Gasteiger partial charge < -0.3 is 21.3 Å². The Kier molecular flexibility index (Phi) is 6.43. The lowest BCUT2D eigenvalue weighted by Crippen LogP contribution is -2.78. The van der Waals surface area contributed by atoms with Crippen molar-refractivity contribution in [3.05, 3.63) is 0 Å². The molecule has 4 amide bonds. The average molecular weight is 421 g/mol. The van der Waals surface area contributed by atoms with E-state index in [2.05, 4.69) is 21.3 Å². The summed E-state index contributed by atoms with van der Waals surface area (Å²) in [4.78, 5) is 49.4. The molecule has 1 saturated carbocycles. The minimum absolute atomic E-state index is 0.0737. The molecule has 0 aromatic rings. The topological polar surface area (TPSA) is 116 Å². The van der Waals surface area contributed by atoms with E-state index in [1.54, 1.807) is 0 Å². The Morgan fingerprint density at radius 2 is 1.10 bits per heavy atom. The van der Waals surface area contributed by atoms with Crippen molar-refractivity contribution < 1.29 is 19.2 Å². The van der Waals surface area contributed by atoms with Gasteiger partial charge in [0, 0.05) is 35.8 Å². The molecular formula is C22H36N4O4. The molecule has 2 unspecified atom stereocenters. The second kappa shape index (κ2) is 8.55. The van der Waals surface area contributed by atoms with Gasteiger partial charge in [-0.05, 0) is 25.7 Å². The Bertz CT molecular complexity index is 646. The van der Waals surface area contributed by atoms with Crippen LogP contribution >= 0.6 is 0 Å². The molecule has 0 spiro atoms. The fraction of sp³-hybridized carbons (Fsp3) is 0.818. The lowest BCUT2D eigenvalue weighted by molar-refractivity contribution is -0.145. The van der Waals surface area contributed by atoms with E-state index < -0.39 is 12.1 Å². The maximum atomic E-state index is 12.9. The van der Waals surface area contributed by atoms with Gasteiger partial charge in [0.1, 0.15) is 12.1 Å². The molecule has 3 aliphatic rings. The van der Waals surface area contributed by atoms with Crippen molar-refractivity contribution in [2.45, 2.75) is 103 Å². The first-order chi connectivity index (χ1) is 14.0. The van der Waals surface area contributed by atoms with Crippen LogP contribution in [0.1, 0.15) is 79.1 Å². The van der Waals surface area contributed by atoms with Gasteiger partial charge in [0.2, 0.25) is 23.6 Å². The maximum Gasteiger partial charge on any atom is 0.242 e. The van der Waals surface area contributed by atoms with E-state index in [-0.39, 0.29) is 46.5 Å². The lowest BCUT2D eigenvalue weighted by Gasteiger charge is -2.64. The molecule has 2 saturated heterocycles. The average Bonchev–Trinajstić information content (AvgIpc) is 3.03. The van der Waals surface area contributed by atoms with Crippen LogP contribution in [0, 0.1) is 10.8 Å². The number of carbonyl (C=O) groups is 4. The summed E-state index contributed by atoms with van der Waals surface area (Å²) >= 11 is 0. The van der Waals surface area contributed by atoms with E-state index >= 15 is 0 Å². The van der Waals surface area contributed by atoms with Crippen LogP contribution in [-0.2, 0) is 19.2 Å². The molecule has 4 N–H and O–H groups in total. The smallest absolute Gasteiger partial charge is 0.242 e. The van der Waals surface area contributed by atoms with Crippen LogP contribution in [0.2, 0.25) is 0 Å². The third-order valence-electron chi connectivity index (χ3n) is 7.15. The molecule has 30 heavy (non-hydrogen) atoms. The molecule has 0 radical (unpaired) electrons. The minimum Gasteiger partial charge on any atom is -0.350 e. The summed E-state index contributed by atoms with van der Waals surface area (Å²) in [7, 11) is 0. The van der Waals surface area contributed by atoms with E-state index in [1.807, 2.05) is 27.7 Å².